The fourth-order valence-corrected chi connectivity index (χ4v) is 2.26. The number of aromatic nitrogens is 1. The highest BCUT2D eigenvalue weighted by Gasteiger charge is 2.24. The molecule has 0 aliphatic rings. The fourth-order valence-electron chi connectivity index (χ4n) is 2.26. The average Bonchev–Trinajstić information content (AvgIpc) is 3.23. The third-order valence-corrected chi connectivity index (χ3v) is 3.43. The Balaban J connectivity index is 1.98. The minimum Gasteiger partial charge on any atom is -0.494 e. The van der Waals surface area contributed by atoms with E-state index in [1.165, 1.54) is 36.5 Å². The first-order valence-corrected chi connectivity index (χ1v) is 7.19. The van der Waals surface area contributed by atoms with Crippen LogP contribution in [0.2, 0.25) is 0 Å². The van der Waals surface area contributed by atoms with E-state index in [-0.39, 0.29) is 18.1 Å². The quantitative estimate of drug-likeness (QED) is 0.715. The van der Waals surface area contributed by atoms with E-state index in [0.717, 1.165) is 0 Å². The standard InChI is InChI=1S/C17H15FN2O4/c1-11-8-16(24-19-11)17(21)20(10-13-4-3-7-23-13)12-5-6-15(22-2)14(18)9-12/h3-9H,10H2,1-2H3. The van der Waals surface area contributed by atoms with Gasteiger partial charge in [0.25, 0.3) is 5.91 Å². The average molecular weight is 330 g/mol. The summed E-state index contributed by atoms with van der Waals surface area (Å²) in [5.74, 6) is -0.302. The molecule has 3 rings (SSSR count). The highest BCUT2D eigenvalue weighted by molar-refractivity contribution is 6.04. The molecule has 2 heterocycles. The van der Waals surface area contributed by atoms with Crippen molar-refractivity contribution in [2.45, 2.75) is 13.5 Å². The largest absolute Gasteiger partial charge is 0.494 e. The summed E-state index contributed by atoms with van der Waals surface area (Å²) in [6.07, 6.45) is 1.51. The first-order valence-electron chi connectivity index (χ1n) is 7.19. The summed E-state index contributed by atoms with van der Waals surface area (Å²) in [5.41, 5.74) is 0.931. The molecule has 0 unspecified atom stereocenters. The molecule has 0 atom stereocenters. The number of ether oxygens (including phenoxy) is 1. The van der Waals surface area contributed by atoms with Gasteiger partial charge in [0, 0.05) is 17.8 Å². The van der Waals surface area contributed by atoms with Crippen LogP contribution < -0.4 is 9.64 Å². The fraction of sp³-hybridized carbons (Fsp3) is 0.176. The summed E-state index contributed by atoms with van der Waals surface area (Å²) in [4.78, 5) is 14.1. The number of aryl methyl sites for hydroxylation is 1. The predicted molar refractivity (Wildman–Crippen MR) is 83.4 cm³/mol. The van der Waals surface area contributed by atoms with Crippen LogP contribution in [0.1, 0.15) is 22.0 Å². The molecule has 7 heteroatoms. The molecule has 0 bridgehead atoms. The molecular formula is C17H15FN2O4. The summed E-state index contributed by atoms with van der Waals surface area (Å²) in [5, 5.41) is 3.72. The number of hydrogen-bond donors (Lipinski definition) is 0. The van der Waals surface area contributed by atoms with Gasteiger partial charge in [0.2, 0.25) is 5.76 Å². The molecule has 2 aromatic heterocycles. The number of anilines is 1. The molecule has 0 aliphatic heterocycles. The minimum absolute atomic E-state index is 0.0651. The van der Waals surface area contributed by atoms with Crippen LogP contribution in [-0.4, -0.2) is 18.2 Å². The molecule has 1 amide bonds. The van der Waals surface area contributed by atoms with Crippen LogP contribution in [0, 0.1) is 12.7 Å². The van der Waals surface area contributed by atoms with E-state index in [2.05, 4.69) is 5.16 Å². The Hall–Kier alpha value is -3.09. The number of methoxy groups -OCH3 is 1. The molecule has 0 N–H and O–H groups in total. The van der Waals surface area contributed by atoms with Crippen molar-refractivity contribution in [2.24, 2.45) is 0 Å². The maximum atomic E-state index is 14.0. The van der Waals surface area contributed by atoms with Crippen LogP contribution in [0.5, 0.6) is 5.75 Å². The van der Waals surface area contributed by atoms with Gasteiger partial charge in [-0.2, -0.15) is 0 Å². The molecule has 0 saturated carbocycles. The Morgan fingerprint density at radius 2 is 2.17 bits per heavy atom. The monoisotopic (exact) mass is 330 g/mol. The zero-order chi connectivity index (χ0) is 17.1. The predicted octanol–water partition coefficient (Wildman–Crippen LogP) is 3.57. The summed E-state index contributed by atoms with van der Waals surface area (Å²) >= 11 is 0. The number of nitrogens with zero attached hydrogens (tertiary/aromatic N) is 2. The van der Waals surface area contributed by atoms with Gasteiger partial charge in [-0.25, -0.2) is 4.39 Å². The number of rotatable bonds is 5. The molecule has 0 aliphatic carbocycles. The van der Waals surface area contributed by atoms with Crippen LogP contribution in [0.4, 0.5) is 10.1 Å². The third-order valence-electron chi connectivity index (χ3n) is 3.43. The van der Waals surface area contributed by atoms with Crippen LogP contribution in [-0.2, 0) is 6.54 Å². The van der Waals surface area contributed by atoms with E-state index >= 15 is 0 Å². The lowest BCUT2D eigenvalue weighted by molar-refractivity contribution is 0.0947. The summed E-state index contributed by atoms with van der Waals surface area (Å²) in [7, 11) is 1.38. The van der Waals surface area contributed by atoms with Gasteiger partial charge in [0.05, 0.1) is 25.6 Å². The third kappa shape index (κ3) is 3.15. The van der Waals surface area contributed by atoms with Crippen molar-refractivity contribution in [2.75, 3.05) is 12.0 Å². The van der Waals surface area contributed by atoms with E-state index in [9.17, 15) is 9.18 Å². The lowest BCUT2D eigenvalue weighted by atomic mass is 10.2. The Morgan fingerprint density at radius 1 is 1.33 bits per heavy atom. The highest BCUT2D eigenvalue weighted by Crippen LogP contribution is 2.26. The Kier molecular flexibility index (Phi) is 4.33. The van der Waals surface area contributed by atoms with Crippen molar-refractivity contribution in [3.05, 3.63) is 65.7 Å². The number of carbonyl (C=O) groups excluding carboxylic acids is 1. The molecule has 0 radical (unpaired) electrons. The molecule has 0 spiro atoms. The second-order valence-corrected chi connectivity index (χ2v) is 5.12. The lowest BCUT2D eigenvalue weighted by Gasteiger charge is -2.21. The van der Waals surface area contributed by atoms with E-state index in [1.807, 2.05) is 0 Å². The van der Waals surface area contributed by atoms with Crippen molar-refractivity contribution in [3.8, 4) is 5.75 Å². The molecule has 1 aromatic carbocycles. The van der Waals surface area contributed by atoms with E-state index in [0.29, 0.717) is 17.1 Å². The topological polar surface area (TPSA) is 68.7 Å². The zero-order valence-corrected chi connectivity index (χ0v) is 13.2. The summed E-state index contributed by atoms with van der Waals surface area (Å²) < 4.78 is 29.3. The second-order valence-electron chi connectivity index (χ2n) is 5.12. The van der Waals surface area contributed by atoms with Gasteiger partial charge in [0.1, 0.15) is 5.76 Å². The highest BCUT2D eigenvalue weighted by atomic mass is 19.1. The van der Waals surface area contributed by atoms with Crippen LogP contribution in [0.15, 0.2) is 51.6 Å². The van der Waals surface area contributed by atoms with Gasteiger partial charge >= 0.3 is 0 Å². The Morgan fingerprint density at radius 3 is 2.75 bits per heavy atom. The molecule has 0 fully saturated rings. The van der Waals surface area contributed by atoms with Crippen molar-refractivity contribution in [1.82, 2.24) is 5.16 Å². The molecule has 3 aromatic rings. The molecule has 24 heavy (non-hydrogen) atoms. The maximum absolute atomic E-state index is 14.0. The van der Waals surface area contributed by atoms with Crippen molar-refractivity contribution in [3.63, 3.8) is 0 Å². The van der Waals surface area contributed by atoms with E-state index in [1.54, 1.807) is 25.1 Å². The van der Waals surface area contributed by atoms with E-state index in [4.69, 9.17) is 13.7 Å². The first kappa shape index (κ1) is 15.8. The number of amides is 1. The number of furan rings is 1. The normalized spacial score (nSPS) is 10.6. The second kappa shape index (κ2) is 6.57. The van der Waals surface area contributed by atoms with Crippen LogP contribution in [0.25, 0.3) is 0 Å². The SMILES string of the molecule is COc1ccc(N(Cc2ccco2)C(=O)c2cc(C)no2)cc1F. The summed E-state index contributed by atoms with van der Waals surface area (Å²) in [6, 6.07) is 9.24. The van der Waals surface area contributed by atoms with Crippen LogP contribution >= 0.6 is 0 Å². The Labute approximate surface area is 137 Å². The smallest absolute Gasteiger partial charge is 0.297 e. The van der Waals surface area contributed by atoms with Gasteiger partial charge < -0.3 is 13.7 Å². The van der Waals surface area contributed by atoms with Gasteiger partial charge in [0.15, 0.2) is 11.6 Å². The zero-order valence-electron chi connectivity index (χ0n) is 13.2. The first-order chi connectivity index (χ1) is 11.6. The van der Waals surface area contributed by atoms with Crippen molar-refractivity contribution in [1.29, 1.82) is 0 Å². The lowest BCUT2D eigenvalue weighted by Crippen LogP contribution is -2.30. The number of benzene rings is 1. The van der Waals surface area contributed by atoms with Gasteiger partial charge in [-0.05, 0) is 31.2 Å². The Bertz CT molecular complexity index is 842. The summed E-state index contributed by atoms with van der Waals surface area (Å²) in [6.45, 7) is 1.83. The number of halogens is 1. The van der Waals surface area contributed by atoms with Crippen molar-refractivity contribution < 1.29 is 22.9 Å². The number of carbonyl (C=O) groups is 1. The van der Waals surface area contributed by atoms with Crippen molar-refractivity contribution >= 4 is 11.6 Å². The molecule has 124 valence electrons. The molecule has 6 nitrogen and oxygen atoms in total. The van der Waals surface area contributed by atoms with Gasteiger partial charge in [-0.3, -0.25) is 9.69 Å². The molecular weight excluding hydrogens is 315 g/mol. The van der Waals surface area contributed by atoms with Gasteiger partial charge in [-0.1, -0.05) is 5.16 Å². The molecule has 0 saturated heterocycles. The van der Waals surface area contributed by atoms with Gasteiger partial charge in [-0.15, -0.1) is 0 Å². The van der Waals surface area contributed by atoms with Crippen LogP contribution in [0.3, 0.4) is 0 Å². The number of hydrogen-bond acceptors (Lipinski definition) is 5. The minimum atomic E-state index is -0.569. The maximum Gasteiger partial charge on any atom is 0.297 e. The van der Waals surface area contributed by atoms with E-state index < -0.39 is 11.7 Å².